The van der Waals surface area contributed by atoms with Crippen LogP contribution in [-0.4, -0.2) is 26.1 Å². The van der Waals surface area contributed by atoms with Crippen molar-refractivity contribution < 1.29 is 0 Å². The van der Waals surface area contributed by atoms with Crippen molar-refractivity contribution in [3.8, 4) is 5.82 Å². The highest BCUT2D eigenvalue weighted by Crippen LogP contribution is 2.26. The molecule has 0 aliphatic carbocycles. The first-order chi connectivity index (χ1) is 8.65. The predicted octanol–water partition coefficient (Wildman–Crippen LogP) is 2.86. The summed E-state index contributed by atoms with van der Waals surface area (Å²) < 4.78 is 2.82. The highest BCUT2D eigenvalue weighted by Gasteiger charge is 2.12. The zero-order valence-corrected chi connectivity index (χ0v) is 12.3. The number of imidazole rings is 1. The van der Waals surface area contributed by atoms with Gasteiger partial charge in [-0.25, -0.2) is 15.0 Å². The maximum absolute atomic E-state index is 4.32. The van der Waals surface area contributed by atoms with Crippen LogP contribution in [-0.2, 0) is 0 Å². The SMILES string of the molecule is CCCNc1ncnc(-n2cnc(C)c2C)c1Br. The number of aromatic nitrogens is 4. The van der Waals surface area contributed by atoms with Gasteiger partial charge in [-0.1, -0.05) is 6.92 Å². The van der Waals surface area contributed by atoms with E-state index in [9.17, 15) is 0 Å². The standard InChI is InChI=1S/C12H16BrN5/c1-4-5-14-11-10(13)12(16-6-15-11)18-7-17-8(2)9(18)3/h6-7H,4-5H2,1-3H3,(H,14,15,16). The molecule has 0 unspecified atom stereocenters. The molecule has 0 spiro atoms. The van der Waals surface area contributed by atoms with Gasteiger partial charge in [-0.2, -0.15) is 0 Å². The molecule has 2 aromatic heterocycles. The van der Waals surface area contributed by atoms with Gasteiger partial charge in [0.15, 0.2) is 5.82 Å². The monoisotopic (exact) mass is 309 g/mol. The van der Waals surface area contributed by atoms with E-state index in [1.165, 1.54) is 0 Å². The molecule has 0 saturated heterocycles. The molecule has 2 rings (SSSR count). The predicted molar refractivity (Wildman–Crippen MR) is 75.1 cm³/mol. The van der Waals surface area contributed by atoms with E-state index in [0.717, 1.165) is 40.5 Å². The Hall–Kier alpha value is -1.43. The fraction of sp³-hybridized carbons (Fsp3) is 0.417. The Morgan fingerprint density at radius 1 is 1.28 bits per heavy atom. The normalized spacial score (nSPS) is 10.7. The summed E-state index contributed by atoms with van der Waals surface area (Å²) in [5.41, 5.74) is 2.08. The van der Waals surface area contributed by atoms with Gasteiger partial charge in [0.1, 0.15) is 22.9 Å². The largest absolute Gasteiger partial charge is 0.369 e. The molecule has 0 saturated carbocycles. The molecule has 5 nitrogen and oxygen atoms in total. The molecule has 1 N–H and O–H groups in total. The van der Waals surface area contributed by atoms with Crippen molar-refractivity contribution in [2.45, 2.75) is 27.2 Å². The number of rotatable bonds is 4. The van der Waals surface area contributed by atoms with E-state index in [4.69, 9.17) is 0 Å². The Morgan fingerprint density at radius 3 is 2.67 bits per heavy atom. The highest BCUT2D eigenvalue weighted by molar-refractivity contribution is 9.10. The highest BCUT2D eigenvalue weighted by atomic mass is 79.9. The van der Waals surface area contributed by atoms with Crippen LogP contribution < -0.4 is 5.32 Å². The summed E-state index contributed by atoms with van der Waals surface area (Å²) in [6.07, 6.45) is 4.39. The van der Waals surface area contributed by atoms with E-state index < -0.39 is 0 Å². The lowest BCUT2D eigenvalue weighted by atomic mass is 10.4. The van der Waals surface area contributed by atoms with E-state index in [0.29, 0.717) is 0 Å². The first kappa shape index (κ1) is 13.0. The average molecular weight is 310 g/mol. The fourth-order valence-corrected chi connectivity index (χ4v) is 2.14. The third kappa shape index (κ3) is 2.38. The number of hydrogen-bond donors (Lipinski definition) is 1. The molecule has 2 aromatic rings. The molecular formula is C12H16BrN5. The number of anilines is 1. The summed E-state index contributed by atoms with van der Waals surface area (Å²) in [6.45, 7) is 7.01. The summed E-state index contributed by atoms with van der Waals surface area (Å²) in [6, 6.07) is 0. The Balaban J connectivity index is 2.42. The van der Waals surface area contributed by atoms with Gasteiger partial charge in [-0.15, -0.1) is 0 Å². The quantitative estimate of drug-likeness (QED) is 0.943. The number of nitrogens with one attached hydrogen (secondary N) is 1. The zero-order valence-electron chi connectivity index (χ0n) is 10.7. The molecule has 0 aliphatic rings. The molecule has 6 heteroatoms. The van der Waals surface area contributed by atoms with Crippen molar-refractivity contribution in [3.63, 3.8) is 0 Å². The maximum atomic E-state index is 4.32. The van der Waals surface area contributed by atoms with Gasteiger partial charge in [0.2, 0.25) is 0 Å². The van der Waals surface area contributed by atoms with Crippen LogP contribution in [0.4, 0.5) is 5.82 Å². The average Bonchev–Trinajstić information content (AvgIpc) is 2.69. The van der Waals surface area contributed by atoms with Crippen LogP contribution in [0, 0.1) is 13.8 Å². The second kappa shape index (κ2) is 5.48. The maximum Gasteiger partial charge on any atom is 0.158 e. The van der Waals surface area contributed by atoms with Gasteiger partial charge >= 0.3 is 0 Å². The molecule has 2 heterocycles. The van der Waals surface area contributed by atoms with Gasteiger partial charge in [0.05, 0.1) is 5.69 Å². The Morgan fingerprint density at radius 2 is 2.06 bits per heavy atom. The molecule has 0 radical (unpaired) electrons. The van der Waals surface area contributed by atoms with Crippen LogP contribution >= 0.6 is 15.9 Å². The van der Waals surface area contributed by atoms with Crippen LogP contribution in [0.1, 0.15) is 24.7 Å². The topological polar surface area (TPSA) is 55.6 Å². The number of hydrogen-bond acceptors (Lipinski definition) is 4. The molecule has 0 aliphatic heterocycles. The van der Waals surface area contributed by atoms with Crippen molar-refractivity contribution in [1.29, 1.82) is 0 Å². The van der Waals surface area contributed by atoms with Gasteiger partial charge in [-0.05, 0) is 36.2 Å². The number of halogens is 1. The second-order valence-corrected chi connectivity index (χ2v) is 4.87. The first-order valence-electron chi connectivity index (χ1n) is 5.90. The summed E-state index contributed by atoms with van der Waals surface area (Å²) in [7, 11) is 0. The van der Waals surface area contributed by atoms with Crippen molar-refractivity contribution in [3.05, 3.63) is 28.5 Å². The fourth-order valence-electron chi connectivity index (χ4n) is 1.61. The Kier molecular flexibility index (Phi) is 3.96. The summed E-state index contributed by atoms with van der Waals surface area (Å²) in [5.74, 6) is 1.62. The third-order valence-electron chi connectivity index (χ3n) is 2.79. The molecule has 0 bridgehead atoms. The lowest BCUT2D eigenvalue weighted by Gasteiger charge is -2.11. The van der Waals surface area contributed by atoms with E-state index in [2.05, 4.69) is 43.1 Å². The molecule has 0 fully saturated rings. The molecule has 96 valence electrons. The Labute approximate surface area is 115 Å². The van der Waals surface area contributed by atoms with Gasteiger partial charge in [0.25, 0.3) is 0 Å². The van der Waals surface area contributed by atoms with E-state index in [1.807, 2.05) is 18.4 Å². The summed E-state index contributed by atoms with van der Waals surface area (Å²) in [4.78, 5) is 12.8. The van der Waals surface area contributed by atoms with E-state index >= 15 is 0 Å². The van der Waals surface area contributed by atoms with Gasteiger partial charge < -0.3 is 5.32 Å². The molecule has 0 atom stereocenters. The van der Waals surface area contributed by atoms with Crippen molar-refractivity contribution in [2.75, 3.05) is 11.9 Å². The van der Waals surface area contributed by atoms with Crippen molar-refractivity contribution >= 4 is 21.7 Å². The van der Waals surface area contributed by atoms with Crippen LogP contribution in [0.25, 0.3) is 5.82 Å². The number of nitrogens with zero attached hydrogens (tertiary/aromatic N) is 4. The minimum Gasteiger partial charge on any atom is -0.369 e. The minimum atomic E-state index is 0.807. The van der Waals surface area contributed by atoms with Crippen LogP contribution in [0.3, 0.4) is 0 Å². The summed E-state index contributed by atoms with van der Waals surface area (Å²) in [5, 5.41) is 3.27. The lowest BCUT2D eigenvalue weighted by molar-refractivity contribution is 0.914. The second-order valence-electron chi connectivity index (χ2n) is 4.07. The molecule has 18 heavy (non-hydrogen) atoms. The van der Waals surface area contributed by atoms with Crippen LogP contribution in [0.15, 0.2) is 17.1 Å². The third-order valence-corrected chi connectivity index (χ3v) is 3.52. The minimum absolute atomic E-state index is 0.807. The lowest BCUT2D eigenvalue weighted by Crippen LogP contribution is -2.07. The van der Waals surface area contributed by atoms with Crippen LogP contribution in [0.5, 0.6) is 0 Å². The van der Waals surface area contributed by atoms with Gasteiger partial charge in [-0.3, -0.25) is 4.57 Å². The number of aryl methyl sites for hydroxylation is 1. The van der Waals surface area contributed by atoms with Crippen LogP contribution in [0.2, 0.25) is 0 Å². The molecule has 0 aromatic carbocycles. The summed E-state index contributed by atoms with van der Waals surface area (Å²) >= 11 is 3.56. The smallest absolute Gasteiger partial charge is 0.158 e. The van der Waals surface area contributed by atoms with E-state index in [-0.39, 0.29) is 0 Å². The molecule has 0 amide bonds. The van der Waals surface area contributed by atoms with Crippen molar-refractivity contribution in [2.24, 2.45) is 0 Å². The van der Waals surface area contributed by atoms with E-state index in [1.54, 1.807) is 12.7 Å². The Bertz CT molecular complexity index is 549. The van der Waals surface area contributed by atoms with Crippen molar-refractivity contribution in [1.82, 2.24) is 19.5 Å². The zero-order chi connectivity index (χ0) is 13.1. The first-order valence-corrected chi connectivity index (χ1v) is 6.69. The molecular weight excluding hydrogens is 294 g/mol. The van der Waals surface area contributed by atoms with Gasteiger partial charge in [0, 0.05) is 12.2 Å².